The first-order valence-corrected chi connectivity index (χ1v) is 19.1. The molecular formula is C50H38F4N4. The third-order valence-corrected chi connectivity index (χ3v) is 11.0. The quantitative estimate of drug-likeness (QED) is 0.175. The normalized spacial score (nSPS) is 12.2. The van der Waals surface area contributed by atoms with Crippen LogP contribution < -0.4 is 0 Å². The molecule has 0 fully saturated rings. The van der Waals surface area contributed by atoms with Crippen molar-refractivity contribution in [2.24, 2.45) is 0 Å². The van der Waals surface area contributed by atoms with Crippen molar-refractivity contribution in [2.75, 3.05) is 0 Å². The zero-order valence-corrected chi connectivity index (χ0v) is 32.8. The van der Waals surface area contributed by atoms with Gasteiger partial charge in [-0.1, -0.05) is 47.5 Å². The maximum absolute atomic E-state index is 16.0. The summed E-state index contributed by atoms with van der Waals surface area (Å²) in [6.45, 7) is 12.2. The molecule has 5 heterocycles. The van der Waals surface area contributed by atoms with Crippen molar-refractivity contribution in [1.82, 2.24) is 19.9 Å². The highest BCUT2D eigenvalue weighted by molar-refractivity contribution is 6.01. The second-order valence-electron chi connectivity index (χ2n) is 15.2. The molecule has 0 saturated carbocycles. The van der Waals surface area contributed by atoms with Crippen molar-refractivity contribution < 1.29 is 17.6 Å². The molecule has 0 saturated heterocycles. The maximum atomic E-state index is 16.0. The monoisotopic (exact) mass is 770 g/mol. The first kappa shape index (κ1) is 36.8. The van der Waals surface area contributed by atoms with Gasteiger partial charge in [0, 0.05) is 44.3 Å². The van der Waals surface area contributed by atoms with Crippen molar-refractivity contribution in [2.45, 2.75) is 41.5 Å². The number of halogens is 4. The van der Waals surface area contributed by atoms with E-state index in [1.807, 2.05) is 78.0 Å². The summed E-state index contributed by atoms with van der Waals surface area (Å²) in [5, 5.41) is 0. The number of aryl methyl sites for hydroxylation is 6. The Morgan fingerprint density at radius 1 is 0.345 bits per heavy atom. The Labute approximate surface area is 333 Å². The molecule has 7 aromatic rings. The van der Waals surface area contributed by atoms with Gasteiger partial charge in [-0.25, -0.2) is 27.5 Å². The van der Waals surface area contributed by atoms with Gasteiger partial charge in [0.25, 0.3) is 0 Å². The van der Waals surface area contributed by atoms with E-state index in [0.29, 0.717) is 50.4 Å². The molecule has 8 bridgehead atoms. The van der Waals surface area contributed by atoms with Crippen LogP contribution in [0.3, 0.4) is 0 Å². The predicted octanol–water partition coefficient (Wildman–Crippen LogP) is 13.7. The number of hydrogen-bond donors (Lipinski definition) is 2. The molecule has 8 heteroatoms. The van der Waals surface area contributed by atoms with Crippen molar-refractivity contribution in [3.05, 3.63) is 164 Å². The molecule has 4 nitrogen and oxygen atoms in total. The second kappa shape index (κ2) is 14.0. The van der Waals surface area contributed by atoms with Crippen LogP contribution in [0.1, 0.15) is 56.2 Å². The molecule has 58 heavy (non-hydrogen) atoms. The van der Waals surface area contributed by atoms with E-state index in [1.165, 1.54) is 36.4 Å². The first-order valence-electron chi connectivity index (χ1n) is 19.1. The number of benzene rings is 4. The van der Waals surface area contributed by atoms with Gasteiger partial charge in [0.2, 0.25) is 0 Å². The Morgan fingerprint density at radius 3 is 0.983 bits per heavy atom. The van der Waals surface area contributed by atoms with Crippen molar-refractivity contribution >= 4 is 46.4 Å². The summed E-state index contributed by atoms with van der Waals surface area (Å²) in [4.78, 5) is 17.3. The number of nitrogens with one attached hydrogen (secondary N) is 2. The van der Waals surface area contributed by atoms with Gasteiger partial charge in [0.05, 0.1) is 33.9 Å². The highest BCUT2D eigenvalue weighted by atomic mass is 19.1. The summed E-state index contributed by atoms with van der Waals surface area (Å²) in [5.74, 6) is -2.91. The van der Waals surface area contributed by atoms with E-state index < -0.39 is 23.3 Å². The number of nitrogens with zero attached hydrogens (tertiary/aromatic N) is 2. The average Bonchev–Trinajstić information content (AvgIpc) is 4.00. The van der Waals surface area contributed by atoms with Gasteiger partial charge in [-0.15, -0.1) is 0 Å². The fraction of sp³-hybridized carbons (Fsp3) is 0.120. The molecule has 9 rings (SSSR count). The third kappa shape index (κ3) is 6.07. The molecule has 0 aliphatic carbocycles. The van der Waals surface area contributed by atoms with Crippen molar-refractivity contribution in [3.8, 4) is 44.5 Å². The largest absolute Gasteiger partial charge is 0.354 e. The van der Waals surface area contributed by atoms with Crippen LogP contribution in [0, 0.1) is 64.8 Å². The van der Waals surface area contributed by atoms with E-state index in [2.05, 4.69) is 34.2 Å². The summed E-state index contributed by atoms with van der Waals surface area (Å²) in [5.41, 5.74) is 13.3. The topological polar surface area (TPSA) is 57.4 Å². The molecule has 0 amide bonds. The van der Waals surface area contributed by atoms with E-state index in [1.54, 1.807) is 12.2 Å². The lowest BCUT2D eigenvalue weighted by Crippen LogP contribution is -1.97. The summed E-state index contributed by atoms with van der Waals surface area (Å²) in [6, 6.07) is 23.4. The van der Waals surface area contributed by atoms with Crippen LogP contribution in [-0.2, 0) is 0 Å². The second-order valence-corrected chi connectivity index (χ2v) is 15.2. The Balaban J connectivity index is 1.54. The van der Waals surface area contributed by atoms with Crippen LogP contribution in [0.2, 0.25) is 0 Å². The maximum Gasteiger partial charge on any atom is 0.134 e. The van der Waals surface area contributed by atoms with Crippen LogP contribution in [0.15, 0.2) is 84.9 Å². The molecule has 0 radical (unpaired) electrons. The number of hydrogen-bond acceptors (Lipinski definition) is 2. The van der Waals surface area contributed by atoms with Crippen LogP contribution in [0.25, 0.3) is 90.9 Å². The average molecular weight is 771 g/mol. The summed E-state index contributed by atoms with van der Waals surface area (Å²) in [6.07, 6.45) is 7.18. The van der Waals surface area contributed by atoms with Crippen molar-refractivity contribution in [1.29, 1.82) is 0 Å². The molecule has 4 aromatic carbocycles. The Bertz CT molecular complexity index is 2890. The summed E-state index contributed by atoms with van der Waals surface area (Å²) < 4.78 is 63.9. The minimum absolute atomic E-state index is 0.211. The van der Waals surface area contributed by atoms with E-state index in [9.17, 15) is 0 Å². The van der Waals surface area contributed by atoms with E-state index >= 15 is 17.6 Å². The zero-order valence-electron chi connectivity index (χ0n) is 32.8. The minimum Gasteiger partial charge on any atom is -0.354 e. The Kier molecular flexibility index (Phi) is 8.88. The lowest BCUT2D eigenvalue weighted by Gasteiger charge is -2.14. The van der Waals surface area contributed by atoms with Gasteiger partial charge in [0.1, 0.15) is 23.3 Å². The standard InChI is InChI=1S/C50H38F4N4/c1-25-21-27(3)43(28(4)22-25)47-35-13-17-39(55-35)49(45-31(51)9-7-10-32(45)52)41-19-15-37(57-41)48(44-29(5)23-26(2)24-30(44)6)38-16-20-42(58-38)50(40-18-14-36(47)56-40)46-33(53)11-8-12-34(46)54/h7-24,55-56H,1-6H3. The predicted molar refractivity (Wildman–Crippen MR) is 229 cm³/mol. The Morgan fingerprint density at radius 2 is 0.638 bits per heavy atom. The van der Waals surface area contributed by atoms with Gasteiger partial charge in [-0.2, -0.15) is 0 Å². The molecule has 2 aliphatic rings. The van der Waals surface area contributed by atoms with Crippen LogP contribution >= 0.6 is 0 Å². The summed E-state index contributed by atoms with van der Waals surface area (Å²) in [7, 11) is 0. The SMILES string of the molecule is Cc1cc(C)c(-c2c3nc(c(-c4c(F)cccc4F)c4ccc([nH]4)c(-c4c(C)cc(C)cc4C)c4ccc([nH]4)c(-c4c(F)cccc4F)c4nc2C=C4)C=C3)c(C)c1. The minimum atomic E-state index is -0.728. The van der Waals surface area contributed by atoms with E-state index in [-0.39, 0.29) is 22.3 Å². The third-order valence-electron chi connectivity index (χ3n) is 11.0. The fourth-order valence-corrected chi connectivity index (χ4v) is 8.88. The molecule has 3 aromatic heterocycles. The number of aromatic amines is 2. The Hall–Kier alpha value is -6.80. The number of H-pyrrole nitrogens is 2. The van der Waals surface area contributed by atoms with E-state index in [0.717, 1.165) is 50.1 Å². The molecule has 286 valence electrons. The number of fused-ring (bicyclic) bond motifs is 8. The number of aromatic nitrogens is 4. The molecule has 2 N–H and O–H groups in total. The summed E-state index contributed by atoms with van der Waals surface area (Å²) >= 11 is 0. The molecular weight excluding hydrogens is 733 g/mol. The van der Waals surface area contributed by atoms with Crippen LogP contribution in [0.4, 0.5) is 17.6 Å². The smallest absolute Gasteiger partial charge is 0.134 e. The molecule has 0 spiro atoms. The van der Waals surface area contributed by atoms with Gasteiger partial charge < -0.3 is 9.97 Å². The van der Waals surface area contributed by atoms with Crippen LogP contribution in [0.5, 0.6) is 0 Å². The zero-order chi connectivity index (χ0) is 40.6. The van der Waals surface area contributed by atoms with Gasteiger partial charge in [0.15, 0.2) is 0 Å². The molecule has 2 aliphatic heterocycles. The molecule has 0 atom stereocenters. The molecule has 0 unspecified atom stereocenters. The van der Waals surface area contributed by atoms with Gasteiger partial charge in [-0.05, 0) is 148 Å². The lowest BCUT2D eigenvalue weighted by atomic mass is 9.92. The van der Waals surface area contributed by atoms with Crippen molar-refractivity contribution in [3.63, 3.8) is 0 Å². The lowest BCUT2D eigenvalue weighted by molar-refractivity contribution is 0.589. The van der Waals surface area contributed by atoms with Crippen LogP contribution in [-0.4, -0.2) is 19.9 Å². The van der Waals surface area contributed by atoms with E-state index in [4.69, 9.17) is 9.97 Å². The highest BCUT2D eigenvalue weighted by Gasteiger charge is 2.25. The van der Waals surface area contributed by atoms with Gasteiger partial charge in [-0.3, -0.25) is 0 Å². The fourth-order valence-electron chi connectivity index (χ4n) is 8.88. The van der Waals surface area contributed by atoms with Gasteiger partial charge >= 0.3 is 0 Å². The number of rotatable bonds is 4. The first-order chi connectivity index (χ1) is 27.9. The highest BCUT2D eigenvalue weighted by Crippen LogP contribution is 2.42.